The topological polar surface area (TPSA) is 193 Å². The van der Waals surface area contributed by atoms with Gasteiger partial charge in [0.05, 0.1) is 45.3 Å². The van der Waals surface area contributed by atoms with E-state index >= 15 is 0 Å². The van der Waals surface area contributed by atoms with E-state index in [1.54, 1.807) is 12.1 Å². The number of nitrogens with one attached hydrogen (secondary N) is 1. The zero-order valence-corrected chi connectivity index (χ0v) is 23.5. The van der Waals surface area contributed by atoms with Crippen molar-refractivity contribution in [1.82, 2.24) is 4.98 Å². The van der Waals surface area contributed by atoms with Crippen molar-refractivity contribution < 1.29 is 24.9 Å². The Morgan fingerprint density at radius 2 is 1.58 bits per heavy atom. The summed E-state index contributed by atoms with van der Waals surface area (Å²) < 4.78 is 4.90. The summed E-state index contributed by atoms with van der Waals surface area (Å²) in [5.74, 6) is -2.55. The highest BCUT2D eigenvalue weighted by Gasteiger charge is 2.53. The molecule has 3 aromatic rings. The number of aromatic hydroxyl groups is 1. The molecule has 45 heavy (non-hydrogen) atoms. The SMILES string of the molecule is COc1cc(=O)c2c(=O)c3c(c(=O)c=2c1=O)=C(O)[C@]1(CCc2cc4cc(C=NOCc5ccccc5)[nH]c(=O)c4c(O)c21)C=3O. The third kappa shape index (κ3) is 3.71. The molecule has 0 aliphatic heterocycles. The standard InChI is InChI=1S/C33H22N2O10/c1-44-19-11-18(36)21-22(26(19)37)28(39)24-23(27(21)38)30(41)33(31(24)42)8-7-15-9-16-10-17(35-32(43)20(16)29(40)25(15)33)12-34-45-13-14-5-3-2-4-6-14/h2-6,9-12,40-42H,7-8,13H2,1H3,(H,35,43)/t33-/m0/s1. The van der Waals surface area contributed by atoms with E-state index < -0.39 is 76.6 Å². The number of aliphatic hydroxyl groups excluding tert-OH is 2. The lowest BCUT2D eigenvalue weighted by atomic mass is 9.78. The first-order chi connectivity index (χ1) is 21.6. The quantitative estimate of drug-likeness (QED) is 0.157. The highest BCUT2D eigenvalue weighted by atomic mass is 16.6. The van der Waals surface area contributed by atoms with E-state index in [1.165, 1.54) is 6.21 Å². The maximum atomic E-state index is 13.6. The van der Waals surface area contributed by atoms with Crippen molar-refractivity contribution in [1.29, 1.82) is 0 Å². The third-order valence-electron chi connectivity index (χ3n) is 8.62. The van der Waals surface area contributed by atoms with Crippen molar-refractivity contribution in [3.63, 3.8) is 0 Å². The van der Waals surface area contributed by atoms with Crippen molar-refractivity contribution in [2.45, 2.75) is 24.9 Å². The first-order valence-corrected chi connectivity index (χ1v) is 13.8. The van der Waals surface area contributed by atoms with Crippen LogP contribution in [-0.2, 0) is 23.3 Å². The summed E-state index contributed by atoms with van der Waals surface area (Å²) in [7, 11) is 1.12. The van der Waals surface area contributed by atoms with E-state index in [-0.39, 0.29) is 36.1 Å². The molecule has 0 amide bonds. The van der Waals surface area contributed by atoms with Crippen LogP contribution < -0.4 is 42.4 Å². The van der Waals surface area contributed by atoms with Crippen LogP contribution >= 0.6 is 0 Å². The zero-order valence-electron chi connectivity index (χ0n) is 23.5. The molecule has 0 fully saturated rings. The second-order valence-electron chi connectivity index (χ2n) is 10.9. The molecule has 12 heteroatoms. The number of fused-ring (bicyclic) bond motifs is 4. The van der Waals surface area contributed by atoms with E-state index in [0.717, 1.165) is 18.7 Å². The number of phenols is 1. The van der Waals surface area contributed by atoms with Crippen molar-refractivity contribution in [3.05, 3.63) is 143 Å². The first-order valence-electron chi connectivity index (χ1n) is 13.8. The third-order valence-corrected chi connectivity index (χ3v) is 8.62. The number of pyridine rings is 1. The van der Waals surface area contributed by atoms with E-state index in [4.69, 9.17) is 9.57 Å². The lowest BCUT2D eigenvalue weighted by molar-refractivity contribution is 0.132. The van der Waals surface area contributed by atoms with Gasteiger partial charge in [-0.1, -0.05) is 41.6 Å². The van der Waals surface area contributed by atoms with Crippen LogP contribution in [0.3, 0.4) is 0 Å². The van der Waals surface area contributed by atoms with Gasteiger partial charge in [0.25, 0.3) is 5.56 Å². The molecule has 4 aliphatic carbocycles. The van der Waals surface area contributed by atoms with Crippen molar-refractivity contribution >= 4 is 28.5 Å². The van der Waals surface area contributed by atoms with Gasteiger partial charge in [-0.05, 0) is 35.4 Å². The number of aliphatic hydroxyl groups is 2. The number of hydrogen-bond donors (Lipinski definition) is 4. The first kappa shape index (κ1) is 27.8. The molecule has 1 aromatic heterocycles. The second kappa shape index (κ2) is 9.74. The largest absolute Gasteiger partial charge is 0.510 e. The van der Waals surface area contributed by atoms with Gasteiger partial charge in [0, 0.05) is 11.6 Å². The lowest BCUT2D eigenvalue weighted by Crippen LogP contribution is -2.51. The van der Waals surface area contributed by atoms with Gasteiger partial charge < -0.3 is 29.9 Å². The zero-order chi connectivity index (χ0) is 31.8. The van der Waals surface area contributed by atoms with Gasteiger partial charge in [-0.15, -0.1) is 0 Å². The summed E-state index contributed by atoms with van der Waals surface area (Å²) in [4.78, 5) is 74.0. The summed E-state index contributed by atoms with van der Waals surface area (Å²) in [5, 5.41) is 35.9. The smallest absolute Gasteiger partial charge is 0.260 e. The number of ether oxygens (including phenoxy) is 1. The minimum absolute atomic E-state index is 0.0653. The highest BCUT2D eigenvalue weighted by Crippen LogP contribution is 2.54. The molecule has 4 N–H and O–H groups in total. The molecule has 0 unspecified atom stereocenters. The predicted octanol–water partition coefficient (Wildman–Crippen LogP) is 0.0644. The molecule has 1 spiro atoms. The van der Waals surface area contributed by atoms with E-state index in [9.17, 15) is 39.3 Å². The number of aryl methyl sites for hydroxylation is 1. The number of oxime groups is 1. The normalized spacial score (nSPS) is 17.1. The van der Waals surface area contributed by atoms with E-state index in [0.29, 0.717) is 10.9 Å². The number of methoxy groups -OCH3 is 1. The highest BCUT2D eigenvalue weighted by molar-refractivity contribution is 5.96. The van der Waals surface area contributed by atoms with E-state index in [2.05, 4.69) is 10.1 Å². The molecule has 7 rings (SSSR count). The lowest BCUT2D eigenvalue weighted by Gasteiger charge is -2.27. The van der Waals surface area contributed by atoms with Crippen LogP contribution in [0.2, 0.25) is 0 Å². The number of phenolic OH excluding ortho intramolecular Hbond substituents is 1. The van der Waals surface area contributed by atoms with E-state index in [1.807, 2.05) is 30.3 Å². The van der Waals surface area contributed by atoms with Gasteiger partial charge in [0.2, 0.25) is 16.3 Å². The molecule has 2 aromatic carbocycles. The van der Waals surface area contributed by atoms with Gasteiger partial charge in [-0.2, -0.15) is 0 Å². The second-order valence-corrected chi connectivity index (χ2v) is 10.9. The number of aromatic amines is 1. The van der Waals surface area contributed by atoms with Crippen LogP contribution in [-0.4, -0.2) is 33.6 Å². The molecule has 224 valence electrons. The number of H-pyrrole nitrogens is 1. The molecule has 0 saturated carbocycles. The van der Waals surface area contributed by atoms with Gasteiger partial charge in [-0.25, -0.2) is 0 Å². The molecule has 0 bridgehead atoms. The molecule has 0 radical (unpaired) electrons. The Morgan fingerprint density at radius 1 is 0.889 bits per heavy atom. The van der Waals surface area contributed by atoms with Crippen molar-refractivity contribution in [2.75, 3.05) is 7.11 Å². The average molecular weight is 607 g/mol. The minimum atomic E-state index is -1.97. The van der Waals surface area contributed by atoms with Gasteiger partial charge in [0.15, 0.2) is 11.2 Å². The van der Waals surface area contributed by atoms with Crippen molar-refractivity contribution in [3.8, 4) is 11.5 Å². The number of benzene rings is 2. The molecule has 12 nitrogen and oxygen atoms in total. The van der Waals surface area contributed by atoms with Crippen LogP contribution in [0.1, 0.15) is 28.8 Å². The van der Waals surface area contributed by atoms with Gasteiger partial charge in [-0.3, -0.25) is 24.0 Å². The number of rotatable bonds is 5. The van der Waals surface area contributed by atoms with Crippen LogP contribution in [0.4, 0.5) is 0 Å². The fourth-order valence-electron chi connectivity index (χ4n) is 6.62. The summed E-state index contributed by atoms with van der Waals surface area (Å²) in [5.41, 5.74) is -5.37. The number of aromatic nitrogens is 1. The maximum Gasteiger partial charge on any atom is 0.260 e. The van der Waals surface area contributed by atoms with Crippen LogP contribution in [0.25, 0.3) is 22.3 Å². The van der Waals surface area contributed by atoms with Crippen LogP contribution in [0, 0.1) is 10.4 Å². The fourth-order valence-corrected chi connectivity index (χ4v) is 6.62. The average Bonchev–Trinajstić information content (AvgIpc) is 3.51. The summed E-state index contributed by atoms with van der Waals surface area (Å²) in [6.07, 6.45) is 1.37. The van der Waals surface area contributed by atoms with Gasteiger partial charge in [0.1, 0.15) is 29.3 Å². The van der Waals surface area contributed by atoms with Gasteiger partial charge >= 0.3 is 0 Å². The summed E-state index contributed by atoms with van der Waals surface area (Å²) in [6, 6.07) is 13.3. The fraction of sp³-hybridized carbons (Fsp3) is 0.152. The Morgan fingerprint density at radius 3 is 2.27 bits per heavy atom. The molecule has 1 heterocycles. The number of nitrogens with zero attached hydrogens (tertiary/aromatic N) is 1. The Labute approximate surface area is 250 Å². The molecular formula is C33H22N2O10. The van der Waals surface area contributed by atoms with Crippen LogP contribution in [0.15, 0.2) is 77.7 Å². The van der Waals surface area contributed by atoms with Crippen LogP contribution in [0.5, 0.6) is 11.5 Å². The summed E-state index contributed by atoms with van der Waals surface area (Å²) in [6.45, 7) is 0.208. The Bertz CT molecular complexity index is 2620. The Balaban J connectivity index is 1.41. The maximum absolute atomic E-state index is 13.6. The molecular weight excluding hydrogens is 584 g/mol. The minimum Gasteiger partial charge on any atom is -0.510 e. The predicted molar refractivity (Wildman–Crippen MR) is 162 cm³/mol. The Hall–Kier alpha value is -6.04. The molecule has 4 aliphatic rings. The number of hydrogen-bond acceptors (Lipinski definition) is 11. The summed E-state index contributed by atoms with van der Waals surface area (Å²) >= 11 is 0. The van der Waals surface area contributed by atoms with Crippen molar-refractivity contribution in [2.24, 2.45) is 5.16 Å². The monoisotopic (exact) mass is 606 g/mol. The molecule has 1 atom stereocenters. The molecule has 0 saturated heterocycles. The Kier molecular flexibility index (Phi) is 6.01.